The molecule has 4 rings (SSSR count). The van der Waals surface area contributed by atoms with Gasteiger partial charge in [0.05, 0.1) is 22.5 Å². The summed E-state index contributed by atoms with van der Waals surface area (Å²) in [6.45, 7) is 2.23. The van der Waals surface area contributed by atoms with E-state index in [0.29, 0.717) is 17.2 Å². The number of carbonyl (C=O) groups excluding carboxylic acids is 1. The van der Waals surface area contributed by atoms with Gasteiger partial charge in [0.1, 0.15) is 0 Å². The number of para-hydroxylation sites is 1. The monoisotopic (exact) mass is 358 g/mol. The first-order valence-corrected chi connectivity index (χ1v) is 9.37. The lowest BCUT2D eigenvalue weighted by atomic mass is 9.89. The van der Waals surface area contributed by atoms with Gasteiger partial charge < -0.3 is 0 Å². The number of benzene rings is 1. The first-order chi connectivity index (χ1) is 13.2. The van der Waals surface area contributed by atoms with Gasteiger partial charge in [-0.2, -0.15) is 5.10 Å². The molecule has 5 nitrogen and oxygen atoms in total. The lowest BCUT2D eigenvalue weighted by Crippen LogP contribution is -2.22. The number of hydrogen-bond donors (Lipinski definition) is 1. The Morgan fingerprint density at radius 3 is 2.81 bits per heavy atom. The molecule has 136 valence electrons. The second kappa shape index (κ2) is 7.66. The number of amides is 1. The van der Waals surface area contributed by atoms with Gasteiger partial charge in [-0.25, -0.2) is 10.4 Å². The lowest BCUT2D eigenvalue weighted by Gasteiger charge is -2.19. The Balaban J connectivity index is 1.69. The van der Waals surface area contributed by atoms with E-state index >= 15 is 0 Å². The molecular formula is C22H22N4O. The normalized spacial score (nSPS) is 18.6. The molecule has 1 fully saturated rings. The quantitative estimate of drug-likeness (QED) is 0.696. The number of carbonyl (C=O) groups is 1. The number of pyridine rings is 2. The number of nitrogens with one attached hydrogen (secondary N) is 1. The highest BCUT2D eigenvalue weighted by atomic mass is 16.2. The summed E-state index contributed by atoms with van der Waals surface area (Å²) in [4.78, 5) is 21.9. The van der Waals surface area contributed by atoms with Crippen molar-refractivity contribution in [3.63, 3.8) is 0 Å². The van der Waals surface area contributed by atoms with Crippen LogP contribution in [0.25, 0.3) is 22.3 Å². The summed E-state index contributed by atoms with van der Waals surface area (Å²) in [5, 5.41) is 5.21. The summed E-state index contributed by atoms with van der Waals surface area (Å²) < 4.78 is 0. The van der Waals surface area contributed by atoms with E-state index in [-0.39, 0.29) is 5.91 Å². The number of fused-ring (bicyclic) bond motifs is 1. The molecule has 2 heterocycles. The van der Waals surface area contributed by atoms with E-state index in [0.717, 1.165) is 41.6 Å². The third-order valence-corrected chi connectivity index (χ3v) is 4.95. The van der Waals surface area contributed by atoms with Crippen molar-refractivity contribution in [3.8, 4) is 11.4 Å². The van der Waals surface area contributed by atoms with Crippen molar-refractivity contribution >= 4 is 22.5 Å². The fourth-order valence-corrected chi connectivity index (χ4v) is 3.56. The van der Waals surface area contributed by atoms with E-state index in [1.807, 2.05) is 42.5 Å². The van der Waals surface area contributed by atoms with Crippen molar-refractivity contribution in [1.29, 1.82) is 0 Å². The molecule has 1 aromatic carbocycles. The molecule has 1 N–H and O–H groups in total. The van der Waals surface area contributed by atoms with Crippen molar-refractivity contribution < 1.29 is 4.79 Å². The highest BCUT2D eigenvalue weighted by Gasteiger charge is 2.16. The van der Waals surface area contributed by atoms with Gasteiger partial charge in [0.2, 0.25) is 0 Å². The highest BCUT2D eigenvalue weighted by Crippen LogP contribution is 2.24. The van der Waals surface area contributed by atoms with Crippen LogP contribution in [0.5, 0.6) is 0 Å². The van der Waals surface area contributed by atoms with Crippen LogP contribution in [-0.2, 0) is 0 Å². The third-order valence-electron chi connectivity index (χ3n) is 4.95. The molecule has 0 saturated heterocycles. The van der Waals surface area contributed by atoms with Crippen LogP contribution in [0.15, 0.2) is 59.8 Å². The van der Waals surface area contributed by atoms with Crippen molar-refractivity contribution in [3.05, 3.63) is 60.3 Å². The molecule has 1 atom stereocenters. The second-order valence-electron chi connectivity index (χ2n) is 7.11. The Labute approximate surface area is 158 Å². The van der Waals surface area contributed by atoms with E-state index in [1.54, 1.807) is 12.3 Å². The van der Waals surface area contributed by atoms with Gasteiger partial charge >= 0.3 is 0 Å². The summed E-state index contributed by atoms with van der Waals surface area (Å²) in [5.74, 6) is 0.420. The minimum atomic E-state index is -0.212. The fourth-order valence-electron chi connectivity index (χ4n) is 3.56. The molecule has 27 heavy (non-hydrogen) atoms. The van der Waals surface area contributed by atoms with Crippen molar-refractivity contribution in [2.45, 2.75) is 32.6 Å². The Hall–Kier alpha value is -3.08. The van der Waals surface area contributed by atoms with E-state index in [2.05, 4.69) is 27.4 Å². The van der Waals surface area contributed by atoms with E-state index < -0.39 is 0 Å². The molecule has 0 radical (unpaired) electrons. The van der Waals surface area contributed by atoms with Crippen LogP contribution in [0.4, 0.5) is 0 Å². The Bertz CT molecular complexity index is 998. The molecular weight excluding hydrogens is 336 g/mol. The average Bonchev–Trinajstić information content (AvgIpc) is 2.72. The predicted octanol–water partition coefficient (Wildman–Crippen LogP) is 4.59. The zero-order valence-electron chi connectivity index (χ0n) is 15.4. The van der Waals surface area contributed by atoms with Crippen molar-refractivity contribution in [2.24, 2.45) is 11.0 Å². The Morgan fingerprint density at radius 2 is 2.00 bits per heavy atom. The molecule has 0 aliphatic heterocycles. The van der Waals surface area contributed by atoms with Crippen LogP contribution in [-0.4, -0.2) is 21.6 Å². The minimum Gasteiger partial charge on any atom is -0.267 e. The van der Waals surface area contributed by atoms with E-state index in [9.17, 15) is 4.79 Å². The molecule has 0 bridgehead atoms. The van der Waals surface area contributed by atoms with Gasteiger partial charge in [-0.05, 0) is 55.9 Å². The predicted molar refractivity (Wildman–Crippen MR) is 108 cm³/mol. The van der Waals surface area contributed by atoms with Gasteiger partial charge in [0, 0.05) is 17.3 Å². The number of rotatable bonds is 3. The lowest BCUT2D eigenvalue weighted by molar-refractivity contribution is 0.0956. The van der Waals surface area contributed by atoms with Gasteiger partial charge in [-0.1, -0.05) is 31.2 Å². The van der Waals surface area contributed by atoms with Gasteiger partial charge in [-0.15, -0.1) is 0 Å². The molecule has 3 aromatic rings. The third kappa shape index (κ3) is 3.87. The summed E-state index contributed by atoms with van der Waals surface area (Å²) in [6.07, 6.45) is 6.01. The van der Waals surface area contributed by atoms with Crippen LogP contribution >= 0.6 is 0 Å². The molecule has 1 aliphatic carbocycles. The summed E-state index contributed by atoms with van der Waals surface area (Å²) >= 11 is 0. The van der Waals surface area contributed by atoms with Crippen LogP contribution in [0.3, 0.4) is 0 Å². The van der Waals surface area contributed by atoms with Crippen molar-refractivity contribution in [1.82, 2.24) is 15.4 Å². The van der Waals surface area contributed by atoms with Gasteiger partial charge in [-0.3, -0.25) is 9.78 Å². The molecule has 1 aliphatic rings. The Kier molecular flexibility index (Phi) is 4.92. The van der Waals surface area contributed by atoms with Gasteiger partial charge in [0.25, 0.3) is 5.91 Å². The largest absolute Gasteiger partial charge is 0.272 e. The summed E-state index contributed by atoms with van der Waals surface area (Å²) in [6, 6.07) is 15.1. The van der Waals surface area contributed by atoms with E-state index in [4.69, 9.17) is 0 Å². The second-order valence-corrected chi connectivity index (χ2v) is 7.11. The maximum absolute atomic E-state index is 12.9. The average molecular weight is 358 g/mol. The smallest absolute Gasteiger partial charge is 0.267 e. The standard InChI is InChI=1S/C22H22N4O/c1-15-7-6-8-16(13-15)25-26-22(27)18-14-21(20-11-4-5-12-23-20)24-19-10-3-2-9-17(18)19/h2-5,9-12,14-15H,6-8,13H2,1H3,(H,26,27)/b25-16-/t15-/m0/s1. The van der Waals surface area contributed by atoms with Crippen LogP contribution in [0.2, 0.25) is 0 Å². The highest BCUT2D eigenvalue weighted by molar-refractivity contribution is 6.07. The number of hydrogen-bond acceptors (Lipinski definition) is 4. The molecule has 0 spiro atoms. The number of nitrogens with zero attached hydrogens (tertiary/aromatic N) is 3. The zero-order chi connectivity index (χ0) is 18.6. The first kappa shape index (κ1) is 17.3. The minimum absolute atomic E-state index is 0.212. The first-order valence-electron chi connectivity index (χ1n) is 9.37. The molecule has 5 heteroatoms. The molecule has 2 aromatic heterocycles. The number of hydrazone groups is 1. The SMILES string of the molecule is C[C@H]1CCC/C(=N/NC(=O)c2cc(-c3ccccn3)nc3ccccc23)C1. The van der Waals surface area contributed by atoms with Crippen LogP contribution in [0.1, 0.15) is 43.0 Å². The summed E-state index contributed by atoms with van der Waals surface area (Å²) in [7, 11) is 0. The fraction of sp³-hybridized carbons (Fsp3) is 0.273. The van der Waals surface area contributed by atoms with Crippen LogP contribution in [0, 0.1) is 5.92 Å². The number of aromatic nitrogens is 2. The summed E-state index contributed by atoms with van der Waals surface area (Å²) in [5.41, 5.74) is 6.59. The topological polar surface area (TPSA) is 67.2 Å². The maximum atomic E-state index is 12.9. The molecule has 0 unspecified atom stereocenters. The van der Waals surface area contributed by atoms with Crippen LogP contribution < -0.4 is 5.43 Å². The molecule has 1 amide bonds. The Morgan fingerprint density at radius 1 is 1.15 bits per heavy atom. The van der Waals surface area contributed by atoms with E-state index in [1.165, 1.54) is 6.42 Å². The van der Waals surface area contributed by atoms with Crippen molar-refractivity contribution in [2.75, 3.05) is 0 Å². The zero-order valence-corrected chi connectivity index (χ0v) is 15.4. The maximum Gasteiger partial charge on any atom is 0.272 e. The molecule has 1 saturated carbocycles. The van der Waals surface area contributed by atoms with Gasteiger partial charge in [0.15, 0.2) is 0 Å².